The van der Waals surface area contributed by atoms with Crippen LogP contribution in [0, 0.1) is 0 Å². The van der Waals surface area contributed by atoms with Gasteiger partial charge >= 0.3 is 19.8 Å². The number of esters is 2. The van der Waals surface area contributed by atoms with E-state index in [1.54, 1.807) is 0 Å². The van der Waals surface area contributed by atoms with Crippen molar-refractivity contribution < 1.29 is 42.1 Å². The molecule has 0 aliphatic heterocycles. The third-order valence-corrected chi connectivity index (χ3v) is 12.5. The van der Waals surface area contributed by atoms with Crippen molar-refractivity contribution in [1.82, 2.24) is 0 Å². The summed E-state index contributed by atoms with van der Waals surface area (Å²) in [6.45, 7) is 4.47. The van der Waals surface area contributed by atoms with E-state index >= 15 is 0 Å². The number of likely N-dealkylation sites (N-methyl/N-ethyl adjacent to an activating group) is 1. The molecule has 0 bridgehead atoms. The summed E-state index contributed by atoms with van der Waals surface area (Å²) in [7, 11) is 1.49. The molecular weight excluding hydrogens is 786 g/mol. The van der Waals surface area contributed by atoms with Gasteiger partial charge in [0.25, 0.3) is 0 Å². The first-order valence-electron chi connectivity index (χ1n) is 25.9. The topological polar surface area (TPSA) is 108 Å². The third kappa shape index (κ3) is 48.1. The molecule has 0 amide bonds. The monoisotopic (exact) mass is 887 g/mol. The zero-order valence-electron chi connectivity index (χ0n) is 40.9. The number of phosphoric ester groups is 1. The lowest BCUT2D eigenvalue weighted by Crippen LogP contribution is -2.37. The van der Waals surface area contributed by atoms with Crippen LogP contribution >= 0.6 is 7.82 Å². The maximum absolute atomic E-state index is 12.8. The smallest absolute Gasteiger partial charge is 0.462 e. The van der Waals surface area contributed by atoms with Crippen LogP contribution in [0.2, 0.25) is 0 Å². The van der Waals surface area contributed by atoms with Crippen molar-refractivity contribution in [2.24, 2.45) is 0 Å². The molecule has 0 heterocycles. The number of hydrogen-bond donors (Lipinski definition) is 1. The maximum Gasteiger partial charge on any atom is 0.472 e. The van der Waals surface area contributed by atoms with E-state index in [1.165, 1.54) is 186 Å². The van der Waals surface area contributed by atoms with Crippen LogP contribution in [0.25, 0.3) is 0 Å². The molecule has 2 atom stereocenters. The van der Waals surface area contributed by atoms with Gasteiger partial charge in [-0.05, 0) is 38.5 Å². The minimum Gasteiger partial charge on any atom is -0.462 e. The molecule has 0 rings (SSSR count). The zero-order chi connectivity index (χ0) is 45.0. The van der Waals surface area contributed by atoms with Crippen LogP contribution in [0.15, 0.2) is 12.2 Å². The summed E-state index contributed by atoms with van der Waals surface area (Å²) in [5.74, 6) is -0.784. The molecule has 0 aliphatic rings. The molecule has 1 N–H and O–H groups in total. The fourth-order valence-electron chi connectivity index (χ4n) is 7.48. The number of rotatable bonds is 48. The Morgan fingerprint density at radius 3 is 1.21 bits per heavy atom. The average Bonchev–Trinajstić information content (AvgIpc) is 3.21. The Labute approximate surface area is 377 Å². The number of carbonyl (C=O) groups is 2. The number of quaternary nitrogens is 1. The van der Waals surface area contributed by atoms with Crippen molar-refractivity contribution in [1.29, 1.82) is 0 Å². The van der Waals surface area contributed by atoms with Gasteiger partial charge in [-0.1, -0.05) is 212 Å². The lowest BCUT2D eigenvalue weighted by molar-refractivity contribution is -0.870. The van der Waals surface area contributed by atoms with Gasteiger partial charge in [0.1, 0.15) is 19.8 Å². The van der Waals surface area contributed by atoms with Crippen LogP contribution in [-0.4, -0.2) is 74.9 Å². The van der Waals surface area contributed by atoms with Crippen LogP contribution in [0.3, 0.4) is 0 Å². The number of allylic oxidation sites excluding steroid dienone is 2. The Morgan fingerprint density at radius 2 is 0.836 bits per heavy atom. The number of unbranched alkanes of at least 4 members (excludes halogenated alkanes) is 32. The summed E-state index contributed by atoms with van der Waals surface area (Å²) in [6, 6.07) is 0. The highest BCUT2D eigenvalue weighted by atomic mass is 31.2. The van der Waals surface area contributed by atoms with E-state index in [1.807, 2.05) is 21.1 Å². The van der Waals surface area contributed by atoms with E-state index in [0.29, 0.717) is 23.9 Å². The van der Waals surface area contributed by atoms with Crippen molar-refractivity contribution in [3.05, 3.63) is 12.2 Å². The van der Waals surface area contributed by atoms with E-state index < -0.39 is 26.5 Å². The second-order valence-corrected chi connectivity index (χ2v) is 20.4. The summed E-state index contributed by atoms with van der Waals surface area (Å²) in [4.78, 5) is 35.5. The van der Waals surface area contributed by atoms with Gasteiger partial charge < -0.3 is 18.9 Å². The molecule has 0 fully saturated rings. The van der Waals surface area contributed by atoms with E-state index in [0.717, 1.165) is 32.1 Å². The molecule has 0 aromatic rings. The van der Waals surface area contributed by atoms with Crippen LogP contribution in [-0.2, 0) is 32.7 Å². The molecule has 0 aromatic heterocycles. The van der Waals surface area contributed by atoms with Crippen LogP contribution in [0.4, 0.5) is 0 Å². The Morgan fingerprint density at radius 1 is 0.492 bits per heavy atom. The highest BCUT2D eigenvalue weighted by Gasteiger charge is 2.27. The van der Waals surface area contributed by atoms with E-state index in [4.69, 9.17) is 18.5 Å². The van der Waals surface area contributed by atoms with Crippen molar-refractivity contribution in [3.8, 4) is 0 Å². The molecule has 2 unspecified atom stereocenters. The first-order chi connectivity index (χ1) is 29.5. The Balaban J connectivity index is 4.18. The first-order valence-corrected chi connectivity index (χ1v) is 27.4. The highest BCUT2D eigenvalue weighted by molar-refractivity contribution is 7.47. The number of carbonyl (C=O) groups excluding carboxylic acids is 2. The van der Waals surface area contributed by atoms with E-state index in [2.05, 4.69) is 26.0 Å². The van der Waals surface area contributed by atoms with Gasteiger partial charge in [-0.3, -0.25) is 18.6 Å². The summed E-state index contributed by atoms with van der Waals surface area (Å²) in [5, 5.41) is 0. The maximum atomic E-state index is 12.8. The molecule has 0 aliphatic carbocycles. The Bertz CT molecular complexity index is 1050. The van der Waals surface area contributed by atoms with Gasteiger partial charge in [-0.15, -0.1) is 0 Å². The van der Waals surface area contributed by atoms with Crippen LogP contribution in [0.1, 0.15) is 251 Å². The summed E-state index contributed by atoms with van der Waals surface area (Å²) < 4.78 is 34.5. The van der Waals surface area contributed by atoms with Crippen molar-refractivity contribution >= 4 is 19.8 Å². The second-order valence-electron chi connectivity index (χ2n) is 18.9. The summed E-state index contributed by atoms with van der Waals surface area (Å²) in [6.07, 6.45) is 48.3. The predicted molar refractivity (Wildman–Crippen MR) is 257 cm³/mol. The number of phosphoric acid groups is 1. The summed E-state index contributed by atoms with van der Waals surface area (Å²) in [5.41, 5.74) is 0. The molecule has 0 aromatic carbocycles. The SMILES string of the molecule is CCCCCCCCCC/C=C\CCCCCCCCCCCCCC(=O)OC(COC(=O)CCCCCCCCCCCCCCCC)COP(=O)(O)OCC[N+](C)(C)C. The number of hydrogen-bond acceptors (Lipinski definition) is 7. The van der Waals surface area contributed by atoms with E-state index in [9.17, 15) is 19.0 Å². The molecule has 0 radical (unpaired) electrons. The van der Waals surface area contributed by atoms with Gasteiger partial charge in [0, 0.05) is 12.8 Å². The largest absolute Gasteiger partial charge is 0.472 e. The quantitative estimate of drug-likeness (QED) is 0.0212. The normalized spacial score (nSPS) is 13.5. The average molecular weight is 887 g/mol. The predicted octanol–water partition coefficient (Wildman–Crippen LogP) is 15.3. The molecule has 10 heteroatoms. The van der Waals surface area contributed by atoms with Crippen LogP contribution in [0.5, 0.6) is 0 Å². The van der Waals surface area contributed by atoms with Gasteiger partial charge in [0.2, 0.25) is 0 Å². The van der Waals surface area contributed by atoms with E-state index in [-0.39, 0.29) is 25.6 Å². The zero-order valence-corrected chi connectivity index (χ0v) is 41.8. The minimum absolute atomic E-state index is 0.0352. The molecule has 9 nitrogen and oxygen atoms in total. The Kier molecular flexibility index (Phi) is 43.1. The summed E-state index contributed by atoms with van der Waals surface area (Å²) >= 11 is 0. The fourth-order valence-corrected chi connectivity index (χ4v) is 8.22. The standard InChI is InChI=1S/C51H100NO8P/c1-6-8-10-12-14-16-18-20-22-23-24-25-26-27-28-29-30-32-34-36-38-40-42-44-51(54)60-49(48-59-61(55,56)58-46-45-52(3,4)5)47-57-50(53)43-41-39-37-35-33-31-21-19-17-15-13-11-9-7-2/h23-24,49H,6-22,25-48H2,1-5H3/p+1/b24-23-. The lowest BCUT2D eigenvalue weighted by atomic mass is 10.0. The third-order valence-electron chi connectivity index (χ3n) is 11.5. The van der Waals surface area contributed by atoms with Crippen molar-refractivity contribution in [2.45, 2.75) is 258 Å². The number of nitrogens with zero attached hydrogens (tertiary/aromatic N) is 1. The van der Waals surface area contributed by atoms with Gasteiger partial charge in [0.05, 0.1) is 27.7 Å². The molecule has 0 saturated heterocycles. The number of ether oxygens (including phenoxy) is 2. The highest BCUT2D eigenvalue weighted by Crippen LogP contribution is 2.43. The Hall–Kier alpha value is -1.25. The minimum atomic E-state index is -4.37. The molecular formula is C51H101NO8P+. The van der Waals surface area contributed by atoms with Crippen molar-refractivity contribution in [3.63, 3.8) is 0 Å². The van der Waals surface area contributed by atoms with Gasteiger partial charge in [-0.2, -0.15) is 0 Å². The fraction of sp³-hybridized carbons (Fsp3) is 0.922. The van der Waals surface area contributed by atoms with Gasteiger partial charge in [0.15, 0.2) is 6.10 Å². The molecule has 0 saturated carbocycles. The molecule has 61 heavy (non-hydrogen) atoms. The van der Waals surface area contributed by atoms with Crippen molar-refractivity contribution in [2.75, 3.05) is 47.5 Å². The first kappa shape index (κ1) is 59.8. The van der Waals surface area contributed by atoms with Crippen LogP contribution < -0.4 is 0 Å². The lowest BCUT2D eigenvalue weighted by Gasteiger charge is -2.24. The second kappa shape index (κ2) is 44.0. The molecule has 362 valence electrons. The van der Waals surface area contributed by atoms with Gasteiger partial charge in [-0.25, -0.2) is 4.57 Å². The molecule has 0 spiro atoms.